The molecule has 1 N–H and O–H groups in total. The van der Waals surface area contributed by atoms with E-state index in [1.807, 2.05) is 31.2 Å². The van der Waals surface area contributed by atoms with Gasteiger partial charge in [0.2, 0.25) is 0 Å². The molecule has 1 aliphatic heterocycles. The normalized spacial score (nSPS) is 15.6. The zero-order valence-electron chi connectivity index (χ0n) is 26.9. The Balaban J connectivity index is 1.50. The number of hydrogen-bond acceptors (Lipinski definition) is 9. The van der Waals surface area contributed by atoms with Gasteiger partial charge in [0, 0.05) is 5.56 Å². The number of Topliss-reactive ketones (excluding diaryl/α,β-unsaturated/α-hetero) is 1. The Labute approximate surface area is 278 Å². The van der Waals surface area contributed by atoms with Gasteiger partial charge < -0.3 is 19.3 Å². The number of aryl methyl sites for hydroxylation is 2. The Morgan fingerprint density at radius 3 is 2.28 bits per heavy atom. The molecule has 2 heterocycles. The number of ketones is 1. The Hall–Kier alpha value is -4.96. The fourth-order valence-electron chi connectivity index (χ4n) is 5.30. The monoisotopic (exact) mass is 654 g/mol. The van der Waals surface area contributed by atoms with Crippen molar-refractivity contribution in [3.05, 3.63) is 111 Å². The molecule has 0 bridgehead atoms. The molecule has 1 saturated heterocycles. The van der Waals surface area contributed by atoms with Crippen molar-refractivity contribution in [2.24, 2.45) is 0 Å². The van der Waals surface area contributed by atoms with Crippen LogP contribution < -0.4 is 14.4 Å². The molecule has 9 nitrogen and oxygen atoms in total. The first-order valence-corrected chi connectivity index (χ1v) is 16.5. The number of anilines is 1. The first-order valence-electron chi connectivity index (χ1n) is 15.7. The molecule has 5 rings (SSSR count). The Bertz CT molecular complexity index is 1780. The van der Waals surface area contributed by atoms with E-state index in [-0.39, 0.29) is 27.9 Å². The third-order valence-electron chi connectivity index (χ3n) is 7.89. The molecule has 244 valence electrons. The van der Waals surface area contributed by atoms with Crippen LogP contribution >= 0.6 is 11.3 Å². The highest BCUT2D eigenvalue weighted by atomic mass is 32.1. The quantitative estimate of drug-likeness (QED) is 0.0513. The molecule has 1 atom stereocenters. The van der Waals surface area contributed by atoms with Crippen LogP contribution in [0.1, 0.15) is 76.8 Å². The zero-order chi connectivity index (χ0) is 33.5. The van der Waals surface area contributed by atoms with Crippen LogP contribution in [0.5, 0.6) is 11.5 Å². The lowest BCUT2D eigenvalue weighted by Gasteiger charge is -2.23. The van der Waals surface area contributed by atoms with E-state index < -0.39 is 23.7 Å². The van der Waals surface area contributed by atoms with E-state index in [2.05, 4.69) is 11.9 Å². The second-order valence-corrected chi connectivity index (χ2v) is 12.1. The van der Waals surface area contributed by atoms with Crippen LogP contribution in [0.4, 0.5) is 5.13 Å². The number of nitrogens with zero attached hydrogens (tertiary/aromatic N) is 2. The van der Waals surface area contributed by atoms with Crippen LogP contribution in [0.2, 0.25) is 0 Å². The van der Waals surface area contributed by atoms with Gasteiger partial charge in [-0.1, -0.05) is 67.5 Å². The minimum absolute atomic E-state index is 0.0919. The summed E-state index contributed by atoms with van der Waals surface area (Å²) < 4.78 is 17.0. The van der Waals surface area contributed by atoms with Crippen molar-refractivity contribution in [1.82, 2.24) is 4.98 Å². The topological polar surface area (TPSA) is 115 Å². The highest BCUT2D eigenvalue weighted by molar-refractivity contribution is 7.17. The number of aliphatic hydroxyl groups excluding tert-OH is 1. The maximum atomic E-state index is 13.7. The zero-order valence-corrected chi connectivity index (χ0v) is 27.8. The number of rotatable bonds is 13. The predicted molar refractivity (Wildman–Crippen MR) is 181 cm³/mol. The minimum atomic E-state index is -1.01. The number of esters is 1. The molecule has 1 amide bonds. The number of ether oxygens (including phenoxy) is 3. The second-order valence-electron chi connectivity index (χ2n) is 11.2. The second kappa shape index (κ2) is 15.1. The first-order chi connectivity index (χ1) is 22.7. The Kier molecular flexibility index (Phi) is 10.7. The van der Waals surface area contributed by atoms with Crippen LogP contribution in [0.3, 0.4) is 0 Å². The molecule has 1 unspecified atom stereocenters. The molecular formula is C37H38N2O7S. The highest BCUT2D eigenvalue weighted by Gasteiger charge is 2.48. The molecule has 1 fully saturated rings. The fraction of sp³-hybridized carbons (Fsp3) is 0.297. The molecule has 47 heavy (non-hydrogen) atoms. The van der Waals surface area contributed by atoms with Gasteiger partial charge in [-0.05, 0) is 80.3 Å². The maximum Gasteiger partial charge on any atom is 0.350 e. The molecule has 1 aromatic heterocycles. The van der Waals surface area contributed by atoms with E-state index >= 15 is 0 Å². The van der Waals surface area contributed by atoms with Crippen LogP contribution in [-0.2, 0) is 20.9 Å². The summed E-state index contributed by atoms with van der Waals surface area (Å²) >= 11 is 0.966. The molecular weight excluding hydrogens is 616 g/mol. The van der Waals surface area contributed by atoms with Crippen molar-refractivity contribution in [2.75, 3.05) is 18.1 Å². The van der Waals surface area contributed by atoms with Gasteiger partial charge in [0.25, 0.3) is 5.78 Å². The van der Waals surface area contributed by atoms with E-state index in [4.69, 9.17) is 14.2 Å². The summed E-state index contributed by atoms with van der Waals surface area (Å²) in [7, 11) is 0. The standard InChI is InChI=1S/C37H38N2O7S/c1-5-7-10-21-45-28-17-13-25(14-18-28)31-30(33(41)35(42)39(31)37-38-24(4)34(47-37)36(43)44-6-2)32(40)26-15-19-29(20-16-26)46-22-27-12-9-8-11-23(27)3/h8-9,11-20,31,40H,5-7,10,21-22H2,1-4H3/b32-30+. The summed E-state index contributed by atoms with van der Waals surface area (Å²) in [6, 6.07) is 20.7. The van der Waals surface area contributed by atoms with E-state index in [0.29, 0.717) is 41.5 Å². The van der Waals surface area contributed by atoms with Crippen molar-refractivity contribution in [2.45, 2.75) is 59.6 Å². The number of carbonyl (C=O) groups is 3. The Morgan fingerprint density at radius 1 is 0.915 bits per heavy atom. The highest BCUT2D eigenvalue weighted by Crippen LogP contribution is 2.44. The van der Waals surface area contributed by atoms with Gasteiger partial charge in [-0.25, -0.2) is 9.78 Å². The number of aliphatic hydroxyl groups is 1. The summed E-state index contributed by atoms with van der Waals surface area (Å²) in [6.45, 7) is 8.62. The average molecular weight is 655 g/mol. The number of benzene rings is 3. The molecule has 0 saturated carbocycles. The number of aromatic nitrogens is 1. The predicted octanol–water partition coefficient (Wildman–Crippen LogP) is 7.71. The number of unbranched alkanes of at least 4 members (excludes halogenated alkanes) is 2. The van der Waals surface area contributed by atoms with Crippen molar-refractivity contribution < 1.29 is 33.7 Å². The van der Waals surface area contributed by atoms with Gasteiger partial charge in [-0.15, -0.1) is 0 Å². The summed E-state index contributed by atoms with van der Waals surface area (Å²) in [5.41, 5.74) is 3.37. The average Bonchev–Trinajstić information content (AvgIpc) is 3.59. The maximum absolute atomic E-state index is 13.7. The number of carbonyl (C=O) groups excluding carboxylic acids is 3. The van der Waals surface area contributed by atoms with Gasteiger partial charge >= 0.3 is 11.9 Å². The van der Waals surface area contributed by atoms with E-state index in [1.54, 1.807) is 62.4 Å². The molecule has 0 radical (unpaired) electrons. The van der Waals surface area contributed by atoms with Gasteiger partial charge in [0.15, 0.2) is 5.13 Å². The van der Waals surface area contributed by atoms with Crippen LogP contribution in [0.25, 0.3) is 5.76 Å². The van der Waals surface area contributed by atoms with Gasteiger partial charge in [0.1, 0.15) is 28.7 Å². The molecule has 10 heteroatoms. The number of thiazole rings is 1. The third-order valence-corrected chi connectivity index (χ3v) is 9.03. The van der Waals surface area contributed by atoms with Crippen LogP contribution in [0, 0.1) is 13.8 Å². The summed E-state index contributed by atoms with van der Waals surface area (Å²) in [4.78, 5) is 45.9. The molecule has 0 spiro atoms. The first kappa shape index (κ1) is 33.4. The summed E-state index contributed by atoms with van der Waals surface area (Å²) in [5, 5.41) is 11.8. The van der Waals surface area contributed by atoms with Crippen molar-refractivity contribution >= 4 is 39.9 Å². The smallest absolute Gasteiger partial charge is 0.350 e. The lowest BCUT2D eigenvalue weighted by Crippen LogP contribution is -2.29. The SMILES string of the molecule is CCCCCOc1ccc(C2/C(=C(\O)c3ccc(OCc4ccccc4C)cc3)C(=O)C(=O)N2c2nc(C)c(C(=O)OCC)s2)cc1. The van der Waals surface area contributed by atoms with E-state index in [9.17, 15) is 19.5 Å². The molecule has 4 aromatic rings. The lowest BCUT2D eigenvalue weighted by molar-refractivity contribution is -0.132. The van der Waals surface area contributed by atoms with Crippen molar-refractivity contribution in [3.63, 3.8) is 0 Å². The largest absolute Gasteiger partial charge is 0.507 e. The van der Waals surface area contributed by atoms with Crippen molar-refractivity contribution in [1.29, 1.82) is 0 Å². The lowest BCUT2D eigenvalue weighted by atomic mass is 9.95. The molecule has 3 aromatic carbocycles. The van der Waals surface area contributed by atoms with Crippen molar-refractivity contribution in [3.8, 4) is 11.5 Å². The molecule has 0 aliphatic carbocycles. The number of hydrogen-bond donors (Lipinski definition) is 1. The van der Waals surface area contributed by atoms with E-state index in [1.165, 1.54) is 4.90 Å². The van der Waals surface area contributed by atoms with Gasteiger partial charge in [0.05, 0.1) is 30.5 Å². The fourth-order valence-corrected chi connectivity index (χ4v) is 6.29. The third kappa shape index (κ3) is 7.38. The van der Waals surface area contributed by atoms with Gasteiger partial charge in [-0.2, -0.15) is 0 Å². The minimum Gasteiger partial charge on any atom is -0.507 e. The number of amides is 1. The summed E-state index contributed by atoms with van der Waals surface area (Å²) in [6.07, 6.45) is 3.08. The molecule has 1 aliphatic rings. The van der Waals surface area contributed by atoms with Crippen LogP contribution in [-0.4, -0.2) is 41.0 Å². The van der Waals surface area contributed by atoms with Crippen LogP contribution in [0.15, 0.2) is 78.4 Å². The summed E-state index contributed by atoms with van der Waals surface area (Å²) in [5.74, 6) is -1.38. The van der Waals surface area contributed by atoms with Gasteiger partial charge in [-0.3, -0.25) is 14.5 Å². The Morgan fingerprint density at radius 2 is 1.60 bits per heavy atom. The van der Waals surface area contributed by atoms with E-state index in [0.717, 1.165) is 41.7 Å².